The van der Waals surface area contributed by atoms with Crippen LogP contribution in [-0.4, -0.2) is 35.2 Å². The maximum Gasteiger partial charge on any atom is 0.240 e. The van der Waals surface area contributed by atoms with Crippen molar-refractivity contribution >= 4 is 10.0 Å². The normalized spacial score (nSPS) is 13.3. The van der Waals surface area contributed by atoms with Crippen LogP contribution < -0.4 is 14.8 Å². The smallest absolute Gasteiger partial charge is 0.240 e. The highest BCUT2D eigenvalue weighted by molar-refractivity contribution is 7.89. The number of methoxy groups -OCH3 is 1. The van der Waals surface area contributed by atoms with Crippen LogP contribution in [0.5, 0.6) is 5.75 Å². The molecule has 2 N–H and O–H groups in total. The lowest BCUT2D eigenvalue weighted by molar-refractivity contribution is 0.411. The van der Waals surface area contributed by atoms with Gasteiger partial charge in [-0.2, -0.15) is 0 Å². The quantitative estimate of drug-likeness (QED) is 0.807. The molecule has 5 nitrogen and oxygen atoms in total. The van der Waals surface area contributed by atoms with E-state index in [0.29, 0.717) is 12.3 Å². The molecule has 1 aromatic carbocycles. The number of hydrogen-bond donors (Lipinski definition) is 2. The van der Waals surface area contributed by atoms with Crippen LogP contribution in [0.2, 0.25) is 0 Å². The van der Waals surface area contributed by atoms with E-state index in [4.69, 9.17) is 4.74 Å². The van der Waals surface area contributed by atoms with Gasteiger partial charge in [0.05, 0.1) is 12.0 Å². The van der Waals surface area contributed by atoms with E-state index in [1.54, 1.807) is 26.3 Å². The fourth-order valence-electron chi connectivity index (χ4n) is 1.44. The Kier molecular flexibility index (Phi) is 5.13. The maximum atomic E-state index is 12.0. The Labute approximate surface area is 109 Å². The van der Waals surface area contributed by atoms with Crippen molar-refractivity contribution in [2.24, 2.45) is 0 Å². The molecule has 1 rings (SSSR count). The van der Waals surface area contributed by atoms with Crippen LogP contribution in [0.3, 0.4) is 0 Å². The number of benzene rings is 1. The van der Waals surface area contributed by atoms with Crippen molar-refractivity contribution in [1.82, 2.24) is 10.0 Å². The summed E-state index contributed by atoms with van der Waals surface area (Å²) in [5, 5.41) is 2.97. The Bertz CT molecular complexity index is 500. The number of aryl methyl sites for hydroxylation is 1. The molecule has 0 aromatic heterocycles. The van der Waals surface area contributed by atoms with Gasteiger partial charge >= 0.3 is 0 Å². The predicted octanol–water partition coefficient (Wildman–Crippen LogP) is 0.890. The van der Waals surface area contributed by atoms with E-state index in [0.717, 1.165) is 5.56 Å². The van der Waals surface area contributed by atoms with Gasteiger partial charge in [0.2, 0.25) is 10.0 Å². The molecule has 0 amide bonds. The summed E-state index contributed by atoms with van der Waals surface area (Å²) in [5.41, 5.74) is 0.794. The van der Waals surface area contributed by atoms with Gasteiger partial charge in [0, 0.05) is 12.6 Å². The lowest BCUT2D eigenvalue weighted by Crippen LogP contribution is -2.37. The van der Waals surface area contributed by atoms with Crippen molar-refractivity contribution < 1.29 is 13.2 Å². The molecule has 0 radical (unpaired) electrons. The minimum Gasteiger partial charge on any atom is -0.496 e. The second-order valence-corrected chi connectivity index (χ2v) is 5.94. The Morgan fingerprint density at radius 3 is 2.56 bits per heavy atom. The topological polar surface area (TPSA) is 67.4 Å². The summed E-state index contributed by atoms with van der Waals surface area (Å²) in [6.45, 7) is 4.07. The number of sulfonamides is 1. The number of likely N-dealkylation sites (N-methyl/N-ethyl adjacent to an activating group) is 1. The van der Waals surface area contributed by atoms with Gasteiger partial charge in [-0.25, -0.2) is 13.1 Å². The van der Waals surface area contributed by atoms with Crippen LogP contribution in [-0.2, 0) is 10.0 Å². The standard InChI is InChI=1S/C12H20N2O3S/c1-9-7-11(5-6-12(9)17-4)18(15,16)14-8-10(2)13-3/h5-7,10,13-14H,8H2,1-4H3. The van der Waals surface area contributed by atoms with Gasteiger partial charge in [-0.3, -0.25) is 0 Å². The van der Waals surface area contributed by atoms with E-state index in [2.05, 4.69) is 10.0 Å². The monoisotopic (exact) mass is 272 g/mol. The largest absolute Gasteiger partial charge is 0.496 e. The molecule has 0 fully saturated rings. The second-order valence-electron chi connectivity index (χ2n) is 4.17. The molecule has 0 saturated carbocycles. The molecular formula is C12H20N2O3S. The van der Waals surface area contributed by atoms with E-state index in [1.807, 2.05) is 13.8 Å². The molecule has 0 aliphatic carbocycles. The van der Waals surface area contributed by atoms with Crippen LogP contribution in [0.15, 0.2) is 23.1 Å². The first-order valence-electron chi connectivity index (χ1n) is 5.72. The van der Waals surface area contributed by atoms with Crippen molar-refractivity contribution in [3.8, 4) is 5.75 Å². The van der Waals surface area contributed by atoms with Gasteiger partial charge in [0.25, 0.3) is 0 Å². The molecule has 1 atom stereocenters. The molecule has 0 aliphatic heterocycles. The zero-order chi connectivity index (χ0) is 13.8. The molecule has 0 heterocycles. The summed E-state index contributed by atoms with van der Waals surface area (Å²) >= 11 is 0. The fraction of sp³-hybridized carbons (Fsp3) is 0.500. The summed E-state index contributed by atoms with van der Waals surface area (Å²) < 4.78 is 31.7. The third-order valence-electron chi connectivity index (χ3n) is 2.75. The molecule has 1 aromatic rings. The van der Waals surface area contributed by atoms with Gasteiger partial charge in [-0.15, -0.1) is 0 Å². The third kappa shape index (κ3) is 3.69. The highest BCUT2D eigenvalue weighted by Crippen LogP contribution is 2.21. The third-order valence-corrected chi connectivity index (χ3v) is 4.17. The van der Waals surface area contributed by atoms with Crippen LogP contribution in [0, 0.1) is 6.92 Å². The van der Waals surface area contributed by atoms with Crippen LogP contribution >= 0.6 is 0 Å². The van der Waals surface area contributed by atoms with Gasteiger partial charge in [0.15, 0.2) is 0 Å². The number of rotatable bonds is 6. The summed E-state index contributed by atoms with van der Waals surface area (Å²) in [5.74, 6) is 0.678. The van der Waals surface area contributed by atoms with Crippen LogP contribution in [0.25, 0.3) is 0 Å². The zero-order valence-corrected chi connectivity index (χ0v) is 12.0. The second kappa shape index (κ2) is 6.17. The minimum absolute atomic E-state index is 0.0825. The predicted molar refractivity (Wildman–Crippen MR) is 71.4 cm³/mol. The molecule has 0 bridgehead atoms. The Morgan fingerprint density at radius 2 is 2.06 bits per heavy atom. The first-order valence-corrected chi connectivity index (χ1v) is 7.20. The van der Waals surface area contributed by atoms with Crippen LogP contribution in [0.1, 0.15) is 12.5 Å². The lowest BCUT2D eigenvalue weighted by Gasteiger charge is -2.13. The molecular weight excluding hydrogens is 252 g/mol. The SMILES string of the molecule is CNC(C)CNS(=O)(=O)c1ccc(OC)c(C)c1. The number of nitrogens with one attached hydrogen (secondary N) is 2. The Hall–Kier alpha value is -1.11. The van der Waals surface area contributed by atoms with Gasteiger partial charge in [0.1, 0.15) is 5.75 Å². The van der Waals surface area contributed by atoms with E-state index in [9.17, 15) is 8.42 Å². The highest BCUT2D eigenvalue weighted by atomic mass is 32.2. The van der Waals surface area contributed by atoms with Gasteiger partial charge < -0.3 is 10.1 Å². The Balaban J connectivity index is 2.88. The van der Waals surface area contributed by atoms with Gasteiger partial charge in [-0.1, -0.05) is 0 Å². The highest BCUT2D eigenvalue weighted by Gasteiger charge is 2.15. The summed E-state index contributed by atoms with van der Waals surface area (Å²) in [7, 11) is -0.111. The Morgan fingerprint density at radius 1 is 1.39 bits per heavy atom. The van der Waals surface area contributed by atoms with E-state index in [1.165, 1.54) is 6.07 Å². The molecule has 6 heteroatoms. The number of ether oxygens (including phenoxy) is 1. The summed E-state index contributed by atoms with van der Waals surface area (Å²) in [6.07, 6.45) is 0. The van der Waals surface area contributed by atoms with Crippen molar-refractivity contribution in [3.05, 3.63) is 23.8 Å². The maximum absolute atomic E-state index is 12.0. The minimum atomic E-state index is -3.46. The van der Waals surface area contributed by atoms with Crippen molar-refractivity contribution in [3.63, 3.8) is 0 Å². The number of hydrogen-bond acceptors (Lipinski definition) is 4. The zero-order valence-electron chi connectivity index (χ0n) is 11.1. The van der Waals surface area contributed by atoms with E-state index < -0.39 is 10.0 Å². The molecule has 102 valence electrons. The summed E-state index contributed by atoms with van der Waals surface area (Å²) in [6, 6.07) is 4.88. The van der Waals surface area contributed by atoms with Gasteiger partial charge in [-0.05, 0) is 44.7 Å². The van der Waals surface area contributed by atoms with Crippen LogP contribution in [0.4, 0.5) is 0 Å². The molecule has 18 heavy (non-hydrogen) atoms. The average Bonchev–Trinajstić information content (AvgIpc) is 2.35. The van der Waals surface area contributed by atoms with Crippen molar-refractivity contribution in [1.29, 1.82) is 0 Å². The van der Waals surface area contributed by atoms with E-state index in [-0.39, 0.29) is 10.9 Å². The van der Waals surface area contributed by atoms with Crippen molar-refractivity contribution in [2.75, 3.05) is 20.7 Å². The first kappa shape index (κ1) is 14.9. The average molecular weight is 272 g/mol. The molecule has 0 spiro atoms. The van der Waals surface area contributed by atoms with E-state index >= 15 is 0 Å². The fourth-order valence-corrected chi connectivity index (χ4v) is 2.65. The molecule has 0 saturated heterocycles. The lowest BCUT2D eigenvalue weighted by atomic mass is 10.2. The summed E-state index contributed by atoms with van der Waals surface area (Å²) in [4.78, 5) is 0.254. The molecule has 1 unspecified atom stereocenters. The molecule has 0 aliphatic rings. The first-order chi connectivity index (χ1) is 8.40. The van der Waals surface area contributed by atoms with Crippen molar-refractivity contribution in [2.45, 2.75) is 24.8 Å².